The van der Waals surface area contributed by atoms with Crippen LogP contribution in [0.1, 0.15) is 25.8 Å². The number of aliphatic imine (C=N–C) groups is 1. The van der Waals surface area contributed by atoms with Crippen LogP contribution in [0.25, 0.3) is 0 Å². The van der Waals surface area contributed by atoms with Crippen molar-refractivity contribution in [3.63, 3.8) is 0 Å². The third kappa shape index (κ3) is 9.17. The molecule has 0 aliphatic carbocycles. The van der Waals surface area contributed by atoms with Crippen LogP contribution in [0.2, 0.25) is 0 Å². The normalized spacial score (nSPS) is 11.1. The van der Waals surface area contributed by atoms with E-state index >= 15 is 0 Å². The molecule has 0 aliphatic heterocycles. The molecule has 0 aliphatic rings. The minimum Gasteiger partial charge on any atom is -0.508 e. The molecular formula is C17H30IN3O3. The molecule has 0 radical (unpaired) electrons. The van der Waals surface area contributed by atoms with Crippen LogP contribution in [0.5, 0.6) is 11.5 Å². The van der Waals surface area contributed by atoms with Gasteiger partial charge in [-0.05, 0) is 30.5 Å². The maximum absolute atomic E-state index is 9.86. The summed E-state index contributed by atoms with van der Waals surface area (Å²) in [6, 6.07) is 5.15. The van der Waals surface area contributed by atoms with E-state index in [0.717, 1.165) is 31.7 Å². The molecule has 0 fully saturated rings. The van der Waals surface area contributed by atoms with Crippen LogP contribution in [0, 0.1) is 5.92 Å². The van der Waals surface area contributed by atoms with Crippen LogP contribution in [-0.4, -0.2) is 45.0 Å². The highest BCUT2D eigenvalue weighted by atomic mass is 127. The van der Waals surface area contributed by atoms with Crippen LogP contribution >= 0.6 is 24.0 Å². The second-order valence-electron chi connectivity index (χ2n) is 5.67. The molecule has 0 unspecified atom stereocenters. The van der Waals surface area contributed by atoms with Gasteiger partial charge in [0.1, 0.15) is 11.5 Å². The van der Waals surface area contributed by atoms with Crippen LogP contribution in [0.3, 0.4) is 0 Å². The highest BCUT2D eigenvalue weighted by molar-refractivity contribution is 14.0. The SMILES string of the molecule is CN=C(NCCCOCC(C)C)NCc1cc(OC)ccc1O.I. The van der Waals surface area contributed by atoms with Gasteiger partial charge in [-0.2, -0.15) is 0 Å². The zero-order valence-corrected chi connectivity index (χ0v) is 17.3. The topological polar surface area (TPSA) is 75.1 Å². The van der Waals surface area contributed by atoms with Gasteiger partial charge in [0.25, 0.3) is 0 Å². The van der Waals surface area contributed by atoms with Gasteiger partial charge in [-0.15, -0.1) is 24.0 Å². The van der Waals surface area contributed by atoms with E-state index in [2.05, 4.69) is 29.5 Å². The first-order valence-corrected chi connectivity index (χ1v) is 7.95. The first-order chi connectivity index (χ1) is 11.1. The van der Waals surface area contributed by atoms with Gasteiger partial charge < -0.3 is 25.2 Å². The van der Waals surface area contributed by atoms with Gasteiger partial charge in [0, 0.05) is 38.9 Å². The Hall–Kier alpha value is -1.22. The predicted molar refractivity (Wildman–Crippen MR) is 109 cm³/mol. The van der Waals surface area contributed by atoms with E-state index in [1.807, 2.05) is 0 Å². The van der Waals surface area contributed by atoms with Crippen LogP contribution in [0.4, 0.5) is 0 Å². The number of guanidine groups is 1. The van der Waals surface area contributed by atoms with Crippen LogP contribution in [-0.2, 0) is 11.3 Å². The molecule has 6 nitrogen and oxygen atoms in total. The molecule has 0 atom stereocenters. The summed E-state index contributed by atoms with van der Waals surface area (Å²) in [5, 5.41) is 16.3. The van der Waals surface area contributed by atoms with Gasteiger partial charge in [0.15, 0.2) is 5.96 Å². The Bertz CT molecular complexity index is 496. The van der Waals surface area contributed by atoms with Gasteiger partial charge in [-0.1, -0.05) is 13.8 Å². The number of benzene rings is 1. The lowest BCUT2D eigenvalue weighted by molar-refractivity contribution is 0.108. The number of hydrogen-bond acceptors (Lipinski definition) is 4. The van der Waals surface area contributed by atoms with E-state index in [4.69, 9.17) is 9.47 Å². The molecular weight excluding hydrogens is 421 g/mol. The molecule has 0 saturated carbocycles. The van der Waals surface area contributed by atoms with Gasteiger partial charge in [0.05, 0.1) is 7.11 Å². The van der Waals surface area contributed by atoms with Gasteiger partial charge in [0.2, 0.25) is 0 Å². The average molecular weight is 451 g/mol. The zero-order chi connectivity index (χ0) is 17.1. The number of halogens is 1. The highest BCUT2D eigenvalue weighted by Crippen LogP contribution is 2.22. The first-order valence-electron chi connectivity index (χ1n) is 7.95. The molecule has 1 aromatic carbocycles. The number of aromatic hydroxyl groups is 1. The molecule has 1 rings (SSSR count). The number of hydrogen-bond donors (Lipinski definition) is 3. The van der Waals surface area contributed by atoms with Crippen molar-refractivity contribution >= 4 is 29.9 Å². The molecule has 0 saturated heterocycles. The second-order valence-corrected chi connectivity index (χ2v) is 5.67. The molecule has 3 N–H and O–H groups in total. The van der Waals surface area contributed by atoms with Crippen molar-refractivity contribution in [3.8, 4) is 11.5 Å². The van der Waals surface area contributed by atoms with E-state index in [1.54, 1.807) is 32.4 Å². The van der Waals surface area contributed by atoms with Gasteiger partial charge >= 0.3 is 0 Å². The van der Waals surface area contributed by atoms with Crippen molar-refractivity contribution in [2.24, 2.45) is 10.9 Å². The fraction of sp³-hybridized carbons (Fsp3) is 0.588. The molecule has 7 heteroatoms. The van der Waals surface area contributed by atoms with E-state index in [-0.39, 0.29) is 29.7 Å². The number of phenols is 1. The maximum atomic E-state index is 9.86. The van der Waals surface area contributed by atoms with Crippen molar-refractivity contribution in [2.45, 2.75) is 26.8 Å². The molecule has 1 aromatic rings. The average Bonchev–Trinajstić information content (AvgIpc) is 2.54. The summed E-state index contributed by atoms with van der Waals surface area (Å²) in [5.74, 6) is 2.20. The first kappa shape index (κ1) is 22.8. The van der Waals surface area contributed by atoms with E-state index < -0.39 is 0 Å². The number of phenolic OH excluding ortho intramolecular Hbond substituents is 1. The van der Waals surface area contributed by atoms with Crippen molar-refractivity contribution in [3.05, 3.63) is 23.8 Å². The van der Waals surface area contributed by atoms with E-state index in [9.17, 15) is 5.11 Å². The molecule has 0 aromatic heterocycles. The number of methoxy groups -OCH3 is 1. The van der Waals surface area contributed by atoms with E-state index in [1.165, 1.54) is 0 Å². The predicted octanol–water partition coefficient (Wildman–Crippen LogP) is 2.75. The van der Waals surface area contributed by atoms with Crippen LogP contribution < -0.4 is 15.4 Å². The molecule has 0 heterocycles. The quantitative estimate of drug-likeness (QED) is 0.233. The Labute approximate surface area is 162 Å². The summed E-state index contributed by atoms with van der Waals surface area (Å²) in [7, 11) is 3.32. The summed E-state index contributed by atoms with van der Waals surface area (Å²) in [6.45, 7) is 7.05. The van der Waals surface area contributed by atoms with E-state index in [0.29, 0.717) is 24.2 Å². The summed E-state index contributed by atoms with van der Waals surface area (Å²) in [6.07, 6.45) is 0.915. The summed E-state index contributed by atoms with van der Waals surface area (Å²) in [4.78, 5) is 4.16. The monoisotopic (exact) mass is 451 g/mol. The van der Waals surface area contributed by atoms with Gasteiger partial charge in [-0.3, -0.25) is 4.99 Å². The summed E-state index contributed by atoms with van der Waals surface area (Å²) in [5.41, 5.74) is 0.757. The van der Waals surface area contributed by atoms with Crippen LogP contribution in [0.15, 0.2) is 23.2 Å². The van der Waals surface area contributed by atoms with Crippen molar-refractivity contribution in [1.82, 2.24) is 10.6 Å². The minimum atomic E-state index is 0. The highest BCUT2D eigenvalue weighted by Gasteiger charge is 2.05. The molecule has 0 spiro atoms. The number of nitrogens with one attached hydrogen (secondary N) is 2. The third-order valence-corrected chi connectivity index (χ3v) is 3.17. The molecule has 138 valence electrons. The lowest BCUT2D eigenvalue weighted by Crippen LogP contribution is -2.37. The third-order valence-electron chi connectivity index (χ3n) is 3.17. The lowest BCUT2D eigenvalue weighted by Gasteiger charge is -2.13. The minimum absolute atomic E-state index is 0. The Kier molecular flexibility index (Phi) is 12.4. The van der Waals surface area contributed by atoms with Crippen molar-refractivity contribution in [2.75, 3.05) is 33.9 Å². The zero-order valence-electron chi connectivity index (χ0n) is 15.0. The molecule has 24 heavy (non-hydrogen) atoms. The summed E-state index contributed by atoms with van der Waals surface area (Å²) >= 11 is 0. The fourth-order valence-electron chi connectivity index (χ4n) is 1.93. The Balaban J connectivity index is 0.00000529. The maximum Gasteiger partial charge on any atom is 0.191 e. The summed E-state index contributed by atoms with van der Waals surface area (Å²) < 4.78 is 10.7. The van der Waals surface area contributed by atoms with Gasteiger partial charge in [-0.25, -0.2) is 0 Å². The van der Waals surface area contributed by atoms with Crippen molar-refractivity contribution in [1.29, 1.82) is 0 Å². The number of rotatable bonds is 9. The standard InChI is InChI=1S/C17H29N3O3.HI/c1-13(2)12-23-9-5-8-19-17(18-3)20-11-14-10-15(22-4)6-7-16(14)21;/h6-7,10,13,21H,5,8-9,11-12H2,1-4H3,(H2,18,19,20);1H. The Morgan fingerprint density at radius 1 is 1.29 bits per heavy atom. The van der Waals surface area contributed by atoms with Crippen molar-refractivity contribution < 1.29 is 14.6 Å². The second kappa shape index (κ2) is 13.1. The Morgan fingerprint density at radius 3 is 2.67 bits per heavy atom. The number of nitrogens with zero attached hydrogens (tertiary/aromatic N) is 1. The molecule has 0 amide bonds. The lowest BCUT2D eigenvalue weighted by atomic mass is 10.2. The fourth-order valence-corrected chi connectivity index (χ4v) is 1.93. The smallest absolute Gasteiger partial charge is 0.191 e. The number of ether oxygens (including phenoxy) is 2. The Morgan fingerprint density at radius 2 is 2.04 bits per heavy atom. The molecule has 0 bridgehead atoms. The largest absolute Gasteiger partial charge is 0.508 e.